The summed E-state index contributed by atoms with van der Waals surface area (Å²) in [5.41, 5.74) is 0.881. The summed E-state index contributed by atoms with van der Waals surface area (Å²) in [5, 5.41) is 4.50. The van der Waals surface area contributed by atoms with Crippen molar-refractivity contribution in [3.8, 4) is 0 Å². The van der Waals surface area contributed by atoms with Crippen LogP contribution in [-0.2, 0) is 0 Å². The summed E-state index contributed by atoms with van der Waals surface area (Å²) in [4.78, 5) is 6.80. The SMILES string of the molecule is CCCN(CCC)c1nc2cc(Br)ccn2n1. The summed E-state index contributed by atoms with van der Waals surface area (Å²) in [6, 6.07) is 3.95. The van der Waals surface area contributed by atoms with Gasteiger partial charge < -0.3 is 4.90 Å². The fourth-order valence-corrected chi connectivity index (χ4v) is 2.15. The monoisotopic (exact) mass is 296 g/mol. The predicted octanol–water partition coefficient (Wildman–Crippen LogP) is 3.12. The van der Waals surface area contributed by atoms with Gasteiger partial charge in [0.25, 0.3) is 0 Å². The van der Waals surface area contributed by atoms with Crippen molar-refractivity contribution in [2.24, 2.45) is 0 Å². The van der Waals surface area contributed by atoms with E-state index in [2.05, 4.69) is 44.8 Å². The second-order valence-corrected chi connectivity index (χ2v) is 4.96. The summed E-state index contributed by atoms with van der Waals surface area (Å²) in [7, 11) is 0. The standard InChI is InChI=1S/C12H17BrN4/c1-3-6-16(7-4-2)12-14-11-9-10(13)5-8-17(11)15-12/h5,8-9H,3-4,6-7H2,1-2H3. The maximum absolute atomic E-state index is 4.56. The molecule has 0 bridgehead atoms. The Morgan fingerprint density at radius 2 is 2.00 bits per heavy atom. The van der Waals surface area contributed by atoms with Crippen LogP contribution in [0.3, 0.4) is 0 Å². The van der Waals surface area contributed by atoms with Gasteiger partial charge in [0, 0.05) is 23.8 Å². The van der Waals surface area contributed by atoms with Gasteiger partial charge in [0.15, 0.2) is 5.65 Å². The molecule has 0 N–H and O–H groups in total. The molecule has 0 spiro atoms. The van der Waals surface area contributed by atoms with E-state index < -0.39 is 0 Å². The Balaban J connectivity index is 2.33. The molecule has 5 heteroatoms. The van der Waals surface area contributed by atoms with Gasteiger partial charge in [-0.15, -0.1) is 5.10 Å². The number of fused-ring (bicyclic) bond motifs is 1. The third-order valence-corrected chi connectivity index (χ3v) is 3.05. The minimum Gasteiger partial charge on any atom is -0.340 e. The summed E-state index contributed by atoms with van der Waals surface area (Å²) in [5.74, 6) is 0.826. The molecule has 0 aliphatic rings. The minimum atomic E-state index is 0.826. The van der Waals surface area contributed by atoms with Gasteiger partial charge in [-0.05, 0) is 25.0 Å². The minimum absolute atomic E-state index is 0.826. The molecule has 0 radical (unpaired) electrons. The van der Waals surface area contributed by atoms with Gasteiger partial charge in [-0.2, -0.15) is 4.98 Å². The maximum Gasteiger partial charge on any atom is 0.245 e. The first kappa shape index (κ1) is 12.4. The van der Waals surface area contributed by atoms with E-state index in [1.54, 1.807) is 0 Å². The molecule has 0 unspecified atom stereocenters. The molecule has 2 aromatic heterocycles. The van der Waals surface area contributed by atoms with Crippen molar-refractivity contribution in [1.82, 2.24) is 14.6 Å². The first-order chi connectivity index (χ1) is 8.24. The van der Waals surface area contributed by atoms with E-state index in [0.29, 0.717) is 0 Å². The topological polar surface area (TPSA) is 33.4 Å². The highest BCUT2D eigenvalue weighted by Gasteiger charge is 2.10. The Hall–Kier alpha value is -1.10. The highest BCUT2D eigenvalue weighted by Crippen LogP contribution is 2.15. The van der Waals surface area contributed by atoms with Gasteiger partial charge >= 0.3 is 0 Å². The summed E-state index contributed by atoms with van der Waals surface area (Å²) in [6.07, 6.45) is 4.14. The second kappa shape index (κ2) is 5.49. The number of halogens is 1. The first-order valence-corrected chi connectivity index (χ1v) is 6.80. The van der Waals surface area contributed by atoms with Crippen molar-refractivity contribution >= 4 is 27.5 Å². The van der Waals surface area contributed by atoms with Crippen molar-refractivity contribution in [2.45, 2.75) is 26.7 Å². The van der Waals surface area contributed by atoms with Crippen LogP contribution in [0.4, 0.5) is 5.95 Å². The van der Waals surface area contributed by atoms with Crippen molar-refractivity contribution in [1.29, 1.82) is 0 Å². The molecule has 2 heterocycles. The lowest BCUT2D eigenvalue weighted by Gasteiger charge is -2.18. The van der Waals surface area contributed by atoms with Crippen LogP contribution in [-0.4, -0.2) is 27.7 Å². The molecule has 92 valence electrons. The van der Waals surface area contributed by atoms with Gasteiger partial charge in [-0.1, -0.05) is 29.8 Å². The van der Waals surface area contributed by atoms with Crippen molar-refractivity contribution < 1.29 is 0 Å². The lowest BCUT2D eigenvalue weighted by atomic mass is 10.4. The van der Waals surface area contributed by atoms with Crippen LogP contribution in [0.15, 0.2) is 22.8 Å². The fourth-order valence-electron chi connectivity index (χ4n) is 1.83. The van der Waals surface area contributed by atoms with Crippen LogP contribution in [0.2, 0.25) is 0 Å². The van der Waals surface area contributed by atoms with Gasteiger partial charge in [0.1, 0.15) is 0 Å². The van der Waals surface area contributed by atoms with Crippen molar-refractivity contribution in [2.75, 3.05) is 18.0 Å². The van der Waals surface area contributed by atoms with Crippen LogP contribution < -0.4 is 4.90 Å². The largest absolute Gasteiger partial charge is 0.340 e. The van der Waals surface area contributed by atoms with E-state index in [4.69, 9.17) is 0 Å². The predicted molar refractivity (Wildman–Crippen MR) is 73.5 cm³/mol. The zero-order chi connectivity index (χ0) is 12.3. The smallest absolute Gasteiger partial charge is 0.245 e. The van der Waals surface area contributed by atoms with Crippen LogP contribution in [0.25, 0.3) is 5.65 Å². The molecule has 0 aliphatic carbocycles. The number of aromatic nitrogens is 3. The molecule has 2 aromatic rings. The molecule has 0 atom stereocenters. The van der Waals surface area contributed by atoms with Crippen LogP contribution in [0.1, 0.15) is 26.7 Å². The third-order valence-electron chi connectivity index (χ3n) is 2.56. The fraction of sp³-hybridized carbons (Fsp3) is 0.500. The van der Waals surface area contributed by atoms with Gasteiger partial charge in [-0.3, -0.25) is 0 Å². The van der Waals surface area contributed by atoms with E-state index in [9.17, 15) is 0 Å². The lowest BCUT2D eigenvalue weighted by molar-refractivity contribution is 0.719. The molecule has 0 saturated heterocycles. The molecular formula is C12H17BrN4. The first-order valence-electron chi connectivity index (χ1n) is 6.01. The molecule has 17 heavy (non-hydrogen) atoms. The van der Waals surface area contributed by atoms with Gasteiger partial charge in [0.2, 0.25) is 5.95 Å². The molecule has 4 nitrogen and oxygen atoms in total. The Bertz CT molecular complexity index is 488. The normalized spacial score (nSPS) is 11.0. The number of anilines is 1. The Morgan fingerprint density at radius 3 is 2.65 bits per heavy atom. The second-order valence-electron chi connectivity index (χ2n) is 4.05. The highest BCUT2D eigenvalue weighted by molar-refractivity contribution is 9.10. The van der Waals surface area contributed by atoms with E-state index in [-0.39, 0.29) is 0 Å². The van der Waals surface area contributed by atoms with Crippen molar-refractivity contribution in [3.05, 3.63) is 22.8 Å². The molecule has 2 rings (SSSR count). The zero-order valence-corrected chi connectivity index (χ0v) is 11.8. The zero-order valence-electron chi connectivity index (χ0n) is 10.2. The summed E-state index contributed by atoms with van der Waals surface area (Å²) >= 11 is 3.45. The van der Waals surface area contributed by atoms with Crippen molar-refractivity contribution in [3.63, 3.8) is 0 Å². The molecule has 0 aliphatic heterocycles. The number of pyridine rings is 1. The van der Waals surface area contributed by atoms with Gasteiger partial charge in [0.05, 0.1) is 0 Å². The average Bonchev–Trinajstić information content (AvgIpc) is 2.71. The van der Waals surface area contributed by atoms with Gasteiger partial charge in [-0.25, -0.2) is 4.52 Å². The number of rotatable bonds is 5. The molecule has 0 amide bonds. The molecule has 0 saturated carbocycles. The quantitative estimate of drug-likeness (QED) is 0.850. The van der Waals surface area contributed by atoms with E-state index in [1.807, 2.05) is 22.8 Å². The Labute approximate surface area is 110 Å². The average molecular weight is 297 g/mol. The maximum atomic E-state index is 4.56. The van der Waals surface area contributed by atoms with E-state index in [0.717, 1.165) is 42.0 Å². The van der Waals surface area contributed by atoms with E-state index >= 15 is 0 Å². The highest BCUT2D eigenvalue weighted by atomic mass is 79.9. The molecular weight excluding hydrogens is 280 g/mol. The van der Waals surface area contributed by atoms with Crippen LogP contribution >= 0.6 is 15.9 Å². The number of nitrogens with zero attached hydrogens (tertiary/aromatic N) is 4. The number of hydrogen-bond donors (Lipinski definition) is 0. The van der Waals surface area contributed by atoms with Crippen LogP contribution in [0, 0.1) is 0 Å². The lowest BCUT2D eigenvalue weighted by Crippen LogP contribution is -2.26. The van der Waals surface area contributed by atoms with E-state index in [1.165, 1.54) is 0 Å². The Morgan fingerprint density at radius 1 is 1.29 bits per heavy atom. The third kappa shape index (κ3) is 2.77. The summed E-state index contributed by atoms with van der Waals surface area (Å²) < 4.78 is 2.85. The number of hydrogen-bond acceptors (Lipinski definition) is 3. The molecule has 0 fully saturated rings. The Kier molecular flexibility index (Phi) is 3.99. The summed E-state index contributed by atoms with van der Waals surface area (Å²) in [6.45, 7) is 6.36. The van der Waals surface area contributed by atoms with Crippen LogP contribution in [0.5, 0.6) is 0 Å². The molecule has 0 aromatic carbocycles.